The maximum atomic E-state index is 10.4. The van der Waals surface area contributed by atoms with Gasteiger partial charge < -0.3 is 9.52 Å². The summed E-state index contributed by atoms with van der Waals surface area (Å²) in [6, 6.07) is 13.9. The zero-order valence-corrected chi connectivity index (χ0v) is 8.97. The van der Waals surface area contributed by atoms with Crippen molar-refractivity contribution in [3.05, 3.63) is 60.1 Å². The molecule has 1 unspecified atom stereocenters. The SMILES string of the molecule is OC(c1ccco1)C1(c2ccccc2)CC1. The van der Waals surface area contributed by atoms with Crippen molar-refractivity contribution < 1.29 is 9.52 Å². The Bertz CT molecular complexity index is 455. The number of furan rings is 1. The first-order valence-corrected chi connectivity index (χ1v) is 5.60. The molecule has 82 valence electrons. The summed E-state index contributed by atoms with van der Waals surface area (Å²) < 4.78 is 5.29. The van der Waals surface area contributed by atoms with Crippen molar-refractivity contribution in [2.45, 2.75) is 24.4 Å². The van der Waals surface area contributed by atoms with Crippen LogP contribution in [0.15, 0.2) is 53.1 Å². The van der Waals surface area contributed by atoms with Crippen LogP contribution in [0.4, 0.5) is 0 Å². The first-order valence-electron chi connectivity index (χ1n) is 5.60. The predicted octanol–water partition coefficient (Wildman–Crippen LogP) is 3.04. The molecule has 0 radical (unpaired) electrons. The van der Waals surface area contributed by atoms with Gasteiger partial charge in [-0.15, -0.1) is 0 Å². The molecule has 16 heavy (non-hydrogen) atoms. The molecular formula is C14H14O2. The van der Waals surface area contributed by atoms with Gasteiger partial charge in [-0.1, -0.05) is 30.3 Å². The van der Waals surface area contributed by atoms with Crippen molar-refractivity contribution in [1.29, 1.82) is 0 Å². The molecule has 0 saturated heterocycles. The molecule has 0 amide bonds. The third-order valence-corrected chi connectivity index (χ3v) is 3.47. The summed E-state index contributed by atoms with van der Waals surface area (Å²) in [4.78, 5) is 0. The molecule has 0 bridgehead atoms. The second kappa shape index (κ2) is 3.49. The summed E-state index contributed by atoms with van der Waals surface area (Å²) in [5, 5.41) is 10.4. The lowest BCUT2D eigenvalue weighted by atomic mass is 9.89. The third kappa shape index (κ3) is 1.38. The lowest BCUT2D eigenvalue weighted by Gasteiger charge is -2.20. The summed E-state index contributed by atoms with van der Waals surface area (Å²) >= 11 is 0. The van der Waals surface area contributed by atoms with E-state index in [1.54, 1.807) is 6.26 Å². The molecule has 1 aromatic heterocycles. The van der Waals surface area contributed by atoms with E-state index in [1.165, 1.54) is 5.56 Å². The molecule has 1 aliphatic carbocycles. The monoisotopic (exact) mass is 214 g/mol. The minimum atomic E-state index is -0.523. The lowest BCUT2D eigenvalue weighted by molar-refractivity contribution is 0.108. The van der Waals surface area contributed by atoms with Gasteiger partial charge in [0, 0.05) is 5.41 Å². The van der Waals surface area contributed by atoms with E-state index in [9.17, 15) is 5.11 Å². The molecule has 2 aromatic rings. The fourth-order valence-corrected chi connectivity index (χ4v) is 2.34. The van der Waals surface area contributed by atoms with Gasteiger partial charge >= 0.3 is 0 Å². The molecular weight excluding hydrogens is 200 g/mol. The summed E-state index contributed by atoms with van der Waals surface area (Å²) in [5.41, 5.74) is 1.10. The number of aliphatic hydroxyl groups is 1. The largest absolute Gasteiger partial charge is 0.467 e. The van der Waals surface area contributed by atoms with Crippen molar-refractivity contribution in [1.82, 2.24) is 0 Å². The molecule has 2 nitrogen and oxygen atoms in total. The van der Waals surface area contributed by atoms with Crippen LogP contribution in [0.5, 0.6) is 0 Å². The Kier molecular flexibility index (Phi) is 2.11. The van der Waals surface area contributed by atoms with Crippen LogP contribution in [0.3, 0.4) is 0 Å². The van der Waals surface area contributed by atoms with E-state index in [0.717, 1.165) is 12.8 Å². The Hall–Kier alpha value is -1.54. The van der Waals surface area contributed by atoms with Crippen molar-refractivity contribution in [2.24, 2.45) is 0 Å². The van der Waals surface area contributed by atoms with E-state index < -0.39 is 6.10 Å². The smallest absolute Gasteiger partial charge is 0.133 e. The van der Waals surface area contributed by atoms with E-state index in [0.29, 0.717) is 5.76 Å². The first-order chi connectivity index (χ1) is 7.83. The second-order valence-corrected chi connectivity index (χ2v) is 4.44. The van der Waals surface area contributed by atoms with Crippen molar-refractivity contribution in [3.63, 3.8) is 0 Å². The number of hydrogen-bond donors (Lipinski definition) is 1. The molecule has 2 heteroatoms. The minimum Gasteiger partial charge on any atom is -0.467 e. The van der Waals surface area contributed by atoms with Crippen LogP contribution in [0.2, 0.25) is 0 Å². The minimum absolute atomic E-state index is 0.112. The highest BCUT2D eigenvalue weighted by atomic mass is 16.4. The van der Waals surface area contributed by atoms with Crippen molar-refractivity contribution in [3.8, 4) is 0 Å². The molecule has 1 aliphatic rings. The molecule has 1 saturated carbocycles. The van der Waals surface area contributed by atoms with Gasteiger partial charge in [0.15, 0.2) is 0 Å². The van der Waals surface area contributed by atoms with Crippen LogP contribution in [-0.4, -0.2) is 5.11 Å². The third-order valence-electron chi connectivity index (χ3n) is 3.47. The molecule has 1 N–H and O–H groups in total. The Balaban J connectivity index is 1.95. The van der Waals surface area contributed by atoms with Crippen LogP contribution >= 0.6 is 0 Å². The molecule has 1 fully saturated rings. The normalized spacial score (nSPS) is 19.3. The van der Waals surface area contributed by atoms with Crippen LogP contribution < -0.4 is 0 Å². The Morgan fingerprint density at radius 1 is 1.06 bits per heavy atom. The summed E-state index contributed by atoms with van der Waals surface area (Å²) in [5.74, 6) is 0.668. The van der Waals surface area contributed by atoms with Gasteiger partial charge in [-0.3, -0.25) is 0 Å². The molecule has 1 aromatic carbocycles. The predicted molar refractivity (Wildman–Crippen MR) is 61.0 cm³/mol. The summed E-state index contributed by atoms with van der Waals surface area (Å²) in [6.07, 6.45) is 3.14. The highest BCUT2D eigenvalue weighted by Gasteiger charge is 2.51. The van der Waals surface area contributed by atoms with E-state index in [4.69, 9.17) is 4.42 Å². The van der Waals surface area contributed by atoms with Gasteiger partial charge in [0.05, 0.1) is 6.26 Å². The van der Waals surface area contributed by atoms with Gasteiger partial charge in [-0.05, 0) is 30.5 Å². The Morgan fingerprint density at radius 2 is 1.81 bits per heavy atom. The average molecular weight is 214 g/mol. The zero-order chi connectivity index (χ0) is 11.0. The van der Waals surface area contributed by atoms with Gasteiger partial charge in [-0.25, -0.2) is 0 Å². The fraction of sp³-hybridized carbons (Fsp3) is 0.286. The Morgan fingerprint density at radius 3 is 2.38 bits per heavy atom. The topological polar surface area (TPSA) is 33.4 Å². The van der Waals surface area contributed by atoms with Gasteiger partial charge in [0.1, 0.15) is 11.9 Å². The van der Waals surface area contributed by atoms with Gasteiger partial charge in [0.25, 0.3) is 0 Å². The Labute approximate surface area is 94.5 Å². The lowest BCUT2D eigenvalue weighted by Crippen LogP contribution is -2.17. The fourth-order valence-electron chi connectivity index (χ4n) is 2.34. The molecule has 0 aliphatic heterocycles. The average Bonchev–Trinajstić information content (AvgIpc) is 2.97. The van der Waals surface area contributed by atoms with Crippen molar-refractivity contribution in [2.75, 3.05) is 0 Å². The quantitative estimate of drug-likeness (QED) is 0.851. The van der Waals surface area contributed by atoms with Crippen molar-refractivity contribution >= 4 is 0 Å². The van der Waals surface area contributed by atoms with Gasteiger partial charge in [0.2, 0.25) is 0 Å². The van der Waals surface area contributed by atoms with Crippen LogP contribution in [0.1, 0.15) is 30.3 Å². The number of aliphatic hydroxyl groups excluding tert-OH is 1. The number of hydrogen-bond acceptors (Lipinski definition) is 2. The van der Waals surface area contributed by atoms with Gasteiger partial charge in [-0.2, -0.15) is 0 Å². The highest BCUT2D eigenvalue weighted by Crippen LogP contribution is 2.56. The number of benzene rings is 1. The zero-order valence-electron chi connectivity index (χ0n) is 8.97. The molecule has 0 spiro atoms. The highest BCUT2D eigenvalue weighted by molar-refractivity contribution is 5.34. The second-order valence-electron chi connectivity index (χ2n) is 4.44. The molecule has 3 rings (SSSR count). The maximum Gasteiger partial charge on any atom is 0.133 e. The van der Waals surface area contributed by atoms with Crippen LogP contribution in [-0.2, 0) is 5.41 Å². The standard InChI is InChI=1S/C14H14O2/c15-13(12-7-4-10-16-12)14(8-9-14)11-5-2-1-3-6-11/h1-7,10,13,15H,8-9H2. The van der Waals surface area contributed by atoms with E-state index in [-0.39, 0.29) is 5.41 Å². The van der Waals surface area contributed by atoms with Crippen LogP contribution in [0.25, 0.3) is 0 Å². The maximum absolute atomic E-state index is 10.4. The van der Waals surface area contributed by atoms with E-state index >= 15 is 0 Å². The van der Waals surface area contributed by atoms with E-state index in [1.807, 2.05) is 30.3 Å². The van der Waals surface area contributed by atoms with E-state index in [2.05, 4.69) is 12.1 Å². The molecule has 1 atom stereocenters. The number of rotatable bonds is 3. The summed E-state index contributed by atoms with van der Waals surface area (Å²) in [6.45, 7) is 0. The first kappa shape index (κ1) is 9.67. The van der Waals surface area contributed by atoms with Crippen LogP contribution in [0, 0.1) is 0 Å². The summed E-state index contributed by atoms with van der Waals surface area (Å²) in [7, 11) is 0. The molecule has 1 heterocycles.